The van der Waals surface area contributed by atoms with Crippen LogP contribution in [0.5, 0.6) is 0 Å². The molecular formula is C26H22N6O4S2. The highest BCUT2D eigenvalue weighted by atomic mass is 32.2. The second-order valence-electron chi connectivity index (χ2n) is 8.62. The number of fused-ring (bicyclic) bond motifs is 1. The van der Waals surface area contributed by atoms with Crippen molar-refractivity contribution >= 4 is 51.6 Å². The highest BCUT2D eigenvalue weighted by molar-refractivity contribution is 7.99. The van der Waals surface area contributed by atoms with Crippen LogP contribution in [0.15, 0.2) is 68.6 Å². The summed E-state index contributed by atoms with van der Waals surface area (Å²) in [5.41, 5.74) is 2.72. The number of nitrogens with zero attached hydrogens (tertiary/aromatic N) is 4. The summed E-state index contributed by atoms with van der Waals surface area (Å²) < 4.78 is 0. The van der Waals surface area contributed by atoms with Crippen molar-refractivity contribution in [2.45, 2.75) is 42.7 Å². The quantitative estimate of drug-likeness (QED) is 0.135. The van der Waals surface area contributed by atoms with Crippen LogP contribution < -0.4 is 10.9 Å². The molecule has 5 rings (SSSR count). The Balaban J connectivity index is 1.45. The minimum Gasteiger partial charge on any atom is -0.320 e. The summed E-state index contributed by atoms with van der Waals surface area (Å²) in [4.78, 5) is 53.3. The van der Waals surface area contributed by atoms with E-state index in [1.165, 1.54) is 29.7 Å². The number of aromatic nitrogens is 3. The first-order chi connectivity index (χ1) is 18.4. The molecule has 0 saturated carbocycles. The molecule has 12 heteroatoms. The number of pyridine rings is 1. The zero-order chi connectivity index (χ0) is 26.6. The summed E-state index contributed by atoms with van der Waals surface area (Å²) in [6, 6.07) is 9.60. The Morgan fingerprint density at radius 1 is 1.26 bits per heavy atom. The van der Waals surface area contributed by atoms with Crippen LogP contribution in [0.3, 0.4) is 0 Å². The number of nitro benzene ring substituents is 1. The molecule has 1 aromatic carbocycles. The number of aliphatic imine (C=N–C) groups is 1. The maximum absolute atomic E-state index is 13.3. The Bertz CT molecular complexity index is 1610. The molecule has 2 N–H and O–H groups in total. The molecule has 10 nitrogen and oxygen atoms in total. The van der Waals surface area contributed by atoms with Crippen molar-refractivity contribution in [2.75, 3.05) is 5.32 Å². The van der Waals surface area contributed by atoms with Crippen molar-refractivity contribution in [3.8, 4) is 0 Å². The van der Waals surface area contributed by atoms with E-state index < -0.39 is 4.92 Å². The number of aryl methyl sites for hydroxylation is 2. The van der Waals surface area contributed by atoms with E-state index in [4.69, 9.17) is 0 Å². The third-order valence-electron chi connectivity index (χ3n) is 5.86. The summed E-state index contributed by atoms with van der Waals surface area (Å²) in [5.74, 6) is -0.248. The van der Waals surface area contributed by atoms with Crippen LogP contribution >= 0.6 is 23.1 Å². The average Bonchev–Trinajstić information content (AvgIpc) is 3.26. The lowest BCUT2D eigenvalue weighted by molar-refractivity contribution is -0.387. The van der Waals surface area contributed by atoms with Crippen molar-refractivity contribution in [1.82, 2.24) is 15.0 Å². The fraction of sp³-hybridized carbons (Fsp3) is 0.192. The van der Waals surface area contributed by atoms with Crippen LogP contribution in [0, 0.1) is 17.0 Å². The molecule has 0 radical (unpaired) electrons. The summed E-state index contributed by atoms with van der Waals surface area (Å²) in [7, 11) is 0. The second-order valence-corrected chi connectivity index (χ2v) is 10.7. The highest BCUT2D eigenvalue weighted by Crippen LogP contribution is 2.40. The number of aromatic amines is 1. The van der Waals surface area contributed by atoms with Gasteiger partial charge in [-0.1, -0.05) is 6.07 Å². The zero-order valence-electron chi connectivity index (χ0n) is 20.3. The summed E-state index contributed by atoms with van der Waals surface area (Å²) >= 11 is 2.49. The normalized spacial score (nSPS) is 12.9. The third-order valence-corrected chi connectivity index (χ3v) is 8.02. The first-order valence-corrected chi connectivity index (χ1v) is 13.4. The lowest BCUT2D eigenvalue weighted by Gasteiger charge is -2.12. The maximum Gasteiger partial charge on any atom is 0.283 e. The first-order valence-electron chi connectivity index (χ1n) is 11.8. The number of hydrogen-bond donors (Lipinski definition) is 2. The van der Waals surface area contributed by atoms with Gasteiger partial charge in [-0.15, -0.1) is 11.3 Å². The van der Waals surface area contributed by atoms with E-state index in [0.717, 1.165) is 47.9 Å². The van der Waals surface area contributed by atoms with Gasteiger partial charge in [-0.2, -0.15) is 0 Å². The van der Waals surface area contributed by atoms with E-state index in [2.05, 4.69) is 25.3 Å². The Kier molecular flexibility index (Phi) is 7.43. The first kappa shape index (κ1) is 25.5. The predicted molar refractivity (Wildman–Crippen MR) is 147 cm³/mol. The number of nitrogens with one attached hydrogen (secondary N) is 2. The molecule has 0 aliphatic heterocycles. The van der Waals surface area contributed by atoms with Crippen LogP contribution in [0.2, 0.25) is 0 Å². The Morgan fingerprint density at radius 3 is 2.87 bits per heavy atom. The molecule has 3 aromatic heterocycles. The number of amides is 1. The molecule has 1 aliphatic rings. The second kappa shape index (κ2) is 11.1. The number of rotatable bonds is 7. The van der Waals surface area contributed by atoms with Gasteiger partial charge in [0.15, 0.2) is 5.16 Å². The fourth-order valence-corrected chi connectivity index (χ4v) is 6.34. The minimum absolute atomic E-state index is 0.136. The Morgan fingerprint density at radius 2 is 2.11 bits per heavy atom. The number of anilines is 1. The molecule has 3 heterocycles. The predicted octanol–water partition coefficient (Wildman–Crippen LogP) is 5.48. The van der Waals surface area contributed by atoms with E-state index in [0.29, 0.717) is 32.4 Å². The van der Waals surface area contributed by atoms with Crippen LogP contribution in [0.1, 0.15) is 44.9 Å². The van der Waals surface area contributed by atoms with E-state index in [9.17, 15) is 19.7 Å². The molecule has 1 aliphatic carbocycles. The van der Waals surface area contributed by atoms with Gasteiger partial charge in [-0.3, -0.25) is 24.7 Å². The van der Waals surface area contributed by atoms with Gasteiger partial charge >= 0.3 is 0 Å². The maximum atomic E-state index is 13.3. The van der Waals surface area contributed by atoms with Gasteiger partial charge in [0.1, 0.15) is 5.00 Å². The van der Waals surface area contributed by atoms with Crippen molar-refractivity contribution in [2.24, 2.45) is 4.99 Å². The average molecular weight is 547 g/mol. The minimum atomic E-state index is -0.482. The van der Waals surface area contributed by atoms with E-state index in [1.807, 2.05) is 0 Å². The molecular weight excluding hydrogens is 524 g/mol. The van der Waals surface area contributed by atoms with Gasteiger partial charge in [0.2, 0.25) is 0 Å². The molecule has 0 atom stereocenters. The number of benzene rings is 1. The molecule has 0 fully saturated rings. The SMILES string of the molecule is Cc1cc(=O)[nH]c(Sc2ccc(C=Nc3sc4c(c3C(=O)Nc3cccnc3)CCCC4)cc2[N+](=O)[O-])n1. The summed E-state index contributed by atoms with van der Waals surface area (Å²) in [5, 5.41) is 15.6. The van der Waals surface area contributed by atoms with Crippen molar-refractivity contribution < 1.29 is 9.72 Å². The monoisotopic (exact) mass is 546 g/mol. The van der Waals surface area contributed by atoms with Gasteiger partial charge < -0.3 is 10.3 Å². The molecule has 0 unspecified atom stereocenters. The standard InChI is InChI=1S/C26H22N6O4S2/c1-15-11-22(33)31-26(29-15)38-21-9-8-16(12-19(21)32(35)36)13-28-25-23(18-6-2-3-7-20(18)37-25)24(34)30-17-5-4-10-27-14-17/h4-5,8-14H,2-3,6-7H2,1H3,(H,30,34)(H,29,31,33). The highest BCUT2D eigenvalue weighted by Gasteiger charge is 2.25. The summed E-state index contributed by atoms with van der Waals surface area (Å²) in [6.45, 7) is 1.68. The van der Waals surface area contributed by atoms with E-state index in [1.54, 1.807) is 43.6 Å². The molecule has 38 heavy (non-hydrogen) atoms. The van der Waals surface area contributed by atoms with Gasteiger partial charge in [-0.05, 0) is 73.7 Å². The molecule has 192 valence electrons. The van der Waals surface area contributed by atoms with E-state index in [-0.39, 0.29) is 22.3 Å². The van der Waals surface area contributed by atoms with Gasteiger partial charge in [0, 0.05) is 35.1 Å². The van der Waals surface area contributed by atoms with Crippen LogP contribution in [0.25, 0.3) is 0 Å². The lowest BCUT2D eigenvalue weighted by atomic mass is 9.95. The van der Waals surface area contributed by atoms with Gasteiger partial charge in [0.25, 0.3) is 17.2 Å². The van der Waals surface area contributed by atoms with Crippen LogP contribution in [0.4, 0.5) is 16.4 Å². The molecule has 0 spiro atoms. The molecule has 4 aromatic rings. The molecule has 1 amide bonds. The number of hydrogen-bond acceptors (Lipinski definition) is 9. The molecule has 0 bridgehead atoms. The number of thiophene rings is 1. The molecule has 0 saturated heterocycles. The van der Waals surface area contributed by atoms with Crippen molar-refractivity contribution in [3.63, 3.8) is 0 Å². The van der Waals surface area contributed by atoms with Crippen LogP contribution in [-0.4, -0.2) is 32.0 Å². The Hall–Kier alpha value is -4.16. The van der Waals surface area contributed by atoms with Gasteiger partial charge in [0.05, 0.1) is 27.3 Å². The van der Waals surface area contributed by atoms with Crippen molar-refractivity contribution in [3.05, 3.63) is 96.5 Å². The zero-order valence-corrected chi connectivity index (χ0v) is 21.9. The van der Waals surface area contributed by atoms with Crippen LogP contribution in [-0.2, 0) is 12.8 Å². The Labute approximate surface area is 225 Å². The van der Waals surface area contributed by atoms with E-state index >= 15 is 0 Å². The lowest BCUT2D eigenvalue weighted by Crippen LogP contribution is -2.14. The number of H-pyrrole nitrogens is 1. The topological polar surface area (TPSA) is 143 Å². The fourth-order valence-electron chi connectivity index (χ4n) is 4.19. The third kappa shape index (κ3) is 5.71. The number of carbonyl (C=O) groups is 1. The number of carbonyl (C=O) groups excluding carboxylic acids is 1. The largest absolute Gasteiger partial charge is 0.320 e. The van der Waals surface area contributed by atoms with Gasteiger partial charge in [-0.25, -0.2) is 9.98 Å². The van der Waals surface area contributed by atoms with Crippen molar-refractivity contribution in [1.29, 1.82) is 0 Å². The number of nitro groups is 1. The smallest absolute Gasteiger partial charge is 0.283 e. The summed E-state index contributed by atoms with van der Waals surface area (Å²) in [6.07, 6.45) is 8.53.